The Kier molecular flexibility index (Phi) is 4.27. The van der Waals surface area contributed by atoms with Gasteiger partial charge in [-0.3, -0.25) is 4.79 Å². The molecule has 5 nitrogen and oxygen atoms in total. The lowest BCUT2D eigenvalue weighted by Crippen LogP contribution is -2.48. The second-order valence-corrected chi connectivity index (χ2v) is 4.38. The van der Waals surface area contributed by atoms with E-state index in [4.69, 9.17) is 10.00 Å². The van der Waals surface area contributed by atoms with Gasteiger partial charge in [0.05, 0.1) is 11.7 Å². The van der Waals surface area contributed by atoms with Crippen molar-refractivity contribution >= 4 is 5.91 Å². The third kappa shape index (κ3) is 3.19. The molecule has 1 heterocycles. The van der Waals surface area contributed by atoms with Crippen LogP contribution in [0.2, 0.25) is 0 Å². The zero-order valence-electron chi connectivity index (χ0n) is 9.77. The van der Waals surface area contributed by atoms with E-state index in [9.17, 15) is 9.90 Å². The van der Waals surface area contributed by atoms with Crippen LogP contribution in [0.1, 0.15) is 19.8 Å². The Labute approximate surface area is 95.6 Å². The number of likely N-dealkylation sites (N-methyl/N-ethyl adjacent to an activating group) is 1. The normalized spacial score (nSPS) is 20.9. The summed E-state index contributed by atoms with van der Waals surface area (Å²) in [7, 11) is 1.61. The van der Waals surface area contributed by atoms with Crippen molar-refractivity contribution in [2.45, 2.75) is 25.4 Å². The van der Waals surface area contributed by atoms with Crippen LogP contribution in [0, 0.1) is 17.2 Å². The number of carbonyl (C=O) groups is 1. The van der Waals surface area contributed by atoms with Crippen molar-refractivity contribution in [3.05, 3.63) is 0 Å². The monoisotopic (exact) mass is 226 g/mol. The van der Waals surface area contributed by atoms with Gasteiger partial charge in [-0.2, -0.15) is 5.26 Å². The molecule has 1 aliphatic heterocycles. The first-order valence-corrected chi connectivity index (χ1v) is 5.43. The lowest BCUT2D eigenvalue weighted by atomic mass is 9.93. The summed E-state index contributed by atoms with van der Waals surface area (Å²) in [6.07, 6.45) is 1.07. The fraction of sp³-hybridized carbons (Fsp3) is 0.818. The summed E-state index contributed by atoms with van der Waals surface area (Å²) in [6, 6.07) is 1.90. The first-order valence-electron chi connectivity index (χ1n) is 5.43. The van der Waals surface area contributed by atoms with Gasteiger partial charge in [0, 0.05) is 39.6 Å². The lowest BCUT2D eigenvalue weighted by molar-refractivity contribution is -0.138. The Balaban J connectivity index is 2.53. The molecule has 1 aliphatic rings. The molecular weight excluding hydrogens is 208 g/mol. The molecule has 1 atom stereocenters. The van der Waals surface area contributed by atoms with Gasteiger partial charge in [-0.05, 0) is 6.92 Å². The molecule has 1 saturated heterocycles. The summed E-state index contributed by atoms with van der Waals surface area (Å²) in [5, 5.41) is 18.8. The highest BCUT2D eigenvalue weighted by atomic mass is 16.5. The fourth-order valence-electron chi connectivity index (χ4n) is 1.81. The van der Waals surface area contributed by atoms with Crippen LogP contribution in [0.5, 0.6) is 0 Å². The van der Waals surface area contributed by atoms with Crippen molar-refractivity contribution in [3.63, 3.8) is 0 Å². The maximum absolute atomic E-state index is 11.7. The van der Waals surface area contributed by atoms with Gasteiger partial charge < -0.3 is 14.7 Å². The van der Waals surface area contributed by atoms with Crippen LogP contribution in [0.15, 0.2) is 0 Å². The predicted octanol–water partition coefficient (Wildman–Crippen LogP) is 0.146. The van der Waals surface area contributed by atoms with Crippen molar-refractivity contribution < 1.29 is 14.6 Å². The van der Waals surface area contributed by atoms with E-state index in [-0.39, 0.29) is 12.5 Å². The smallest absolute Gasteiger partial charge is 0.239 e. The third-order valence-corrected chi connectivity index (χ3v) is 2.90. The molecule has 1 rings (SSSR count). The number of hydrogen-bond donors (Lipinski definition) is 1. The summed E-state index contributed by atoms with van der Waals surface area (Å²) in [5.74, 6) is -0.907. The van der Waals surface area contributed by atoms with Gasteiger partial charge in [-0.1, -0.05) is 0 Å². The zero-order chi connectivity index (χ0) is 12.2. The maximum Gasteiger partial charge on any atom is 0.239 e. The number of ether oxygens (including phenoxy) is 1. The Morgan fingerprint density at radius 1 is 1.62 bits per heavy atom. The van der Waals surface area contributed by atoms with E-state index in [0.29, 0.717) is 26.1 Å². The fourth-order valence-corrected chi connectivity index (χ4v) is 1.81. The second kappa shape index (κ2) is 5.28. The molecule has 90 valence electrons. The van der Waals surface area contributed by atoms with Crippen LogP contribution in [0.25, 0.3) is 0 Å². The van der Waals surface area contributed by atoms with E-state index < -0.39 is 11.5 Å². The van der Waals surface area contributed by atoms with Crippen LogP contribution in [-0.4, -0.2) is 48.3 Å². The second-order valence-electron chi connectivity index (χ2n) is 4.38. The average Bonchev–Trinajstić information content (AvgIpc) is 2.27. The minimum atomic E-state index is -0.863. The number of carbonyl (C=O) groups excluding carboxylic acids is 1. The van der Waals surface area contributed by atoms with Crippen LogP contribution in [0.3, 0.4) is 0 Å². The van der Waals surface area contributed by atoms with E-state index in [1.807, 2.05) is 6.07 Å². The standard InChI is InChI=1S/C11H18N2O3/c1-9(7-12)10(14)13(2)8-11(15)3-5-16-6-4-11/h9,15H,3-6,8H2,1-2H3. The molecule has 0 aromatic carbocycles. The number of nitrogens with zero attached hydrogens (tertiary/aromatic N) is 2. The molecular formula is C11H18N2O3. The Morgan fingerprint density at radius 3 is 2.69 bits per heavy atom. The van der Waals surface area contributed by atoms with Gasteiger partial charge >= 0.3 is 0 Å². The quantitative estimate of drug-likeness (QED) is 0.743. The van der Waals surface area contributed by atoms with Gasteiger partial charge in [0.25, 0.3) is 0 Å². The van der Waals surface area contributed by atoms with E-state index in [1.54, 1.807) is 14.0 Å². The zero-order valence-corrected chi connectivity index (χ0v) is 9.77. The minimum absolute atomic E-state index is 0.248. The van der Waals surface area contributed by atoms with Gasteiger partial charge in [-0.15, -0.1) is 0 Å². The molecule has 5 heteroatoms. The first-order chi connectivity index (χ1) is 7.48. The van der Waals surface area contributed by atoms with Crippen LogP contribution in [-0.2, 0) is 9.53 Å². The number of aliphatic hydroxyl groups is 1. The molecule has 0 bridgehead atoms. The van der Waals surface area contributed by atoms with Crippen LogP contribution < -0.4 is 0 Å². The van der Waals surface area contributed by atoms with Crippen molar-refractivity contribution in [2.75, 3.05) is 26.8 Å². The number of rotatable bonds is 3. The molecule has 1 amide bonds. The van der Waals surface area contributed by atoms with Crippen molar-refractivity contribution in [1.82, 2.24) is 4.90 Å². The van der Waals surface area contributed by atoms with Crippen LogP contribution >= 0.6 is 0 Å². The molecule has 0 aromatic rings. The highest BCUT2D eigenvalue weighted by molar-refractivity contribution is 5.80. The summed E-state index contributed by atoms with van der Waals surface area (Å²) in [5.41, 5.74) is -0.863. The molecule has 1 fully saturated rings. The third-order valence-electron chi connectivity index (χ3n) is 2.90. The Hall–Kier alpha value is -1.12. The van der Waals surface area contributed by atoms with Gasteiger partial charge in [0.15, 0.2) is 0 Å². The highest BCUT2D eigenvalue weighted by Gasteiger charge is 2.33. The molecule has 0 radical (unpaired) electrons. The Morgan fingerprint density at radius 2 is 2.19 bits per heavy atom. The Bertz CT molecular complexity index is 292. The van der Waals surface area contributed by atoms with Crippen molar-refractivity contribution in [2.24, 2.45) is 5.92 Å². The van der Waals surface area contributed by atoms with Crippen LogP contribution in [0.4, 0.5) is 0 Å². The SMILES string of the molecule is CC(C#N)C(=O)N(C)CC1(O)CCOCC1. The largest absolute Gasteiger partial charge is 0.388 e. The summed E-state index contributed by atoms with van der Waals surface area (Å²) < 4.78 is 5.16. The average molecular weight is 226 g/mol. The number of nitriles is 1. The van der Waals surface area contributed by atoms with Crippen molar-refractivity contribution in [1.29, 1.82) is 5.26 Å². The van der Waals surface area contributed by atoms with Crippen molar-refractivity contribution in [3.8, 4) is 6.07 Å². The molecule has 0 aromatic heterocycles. The number of amides is 1. The minimum Gasteiger partial charge on any atom is -0.388 e. The molecule has 16 heavy (non-hydrogen) atoms. The van der Waals surface area contributed by atoms with E-state index in [0.717, 1.165) is 0 Å². The van der Waals surface area contributed by atoms with Gasteiger partial charge in [0.2, 0.25) is 5.91 Å². The summed E-state index contributed by atoms with van der Waals surface area (Å²) >= 11 is 0. The topological polar surface area (TPSA) is 73.6 Å². The predicted molar refractivity (Wildman–Crippen MR) is 57.4 cm³/mol. The van der Waals surface area contributed by atoms with Gasteiger partial charge in [-0.25, -0.2) is 0 Å². The molecule has 0 spiro atoms. The maximum atomic E-state index is 11.7. The molecule has 0 saturated carbocycles. The first kappa shape index (κ1) is 12.9. The van der Waals surface area contributed by atoms with Gasteiger partial charge in [0.1, 0.15) is 5.92 Å². The van der Waals surface area contributed by atoms with E-state index in [1.165, 1.54) is 4.90 Å². The summed E-state index contributed by atoms with van der Waals surface area (Å²) in [6.45, 7) is 2.87. The molecule has 1 N–H and O–H groups in total. The summed E-state index contributed by atoms with van der Waals surface area (Å²) in [4.78, 5) is 13.1. The molecule has 0 aliphatic carbocycles. The highest BCUT2D eigenvalue weighted by Crippen LogP contribution is 2.21. The van der Waals surface area contributed by atoms with E-state index in [2.05, 4.69) is 0 Å². The molecule has 1 unspecified atom stereocenters. The van der Waals surface area contributed by atoms with E-state index >= 15 is 0 Å². The lowest BCUT2D eigenvalue weighted by Gasteiger charge is -2.35. The number of hydrogen-bond acceptors (Lipinski definition) is 4.